The minimum absolute atomic E-state index is 0.0209. The van der Waals surface area contributed by atoms with Crippen molar-refractivity contribution >= 4 is 15.9 Å². The Bertz CT molecular complexity index is 597. The zero-order valence-corrected chi connectivity index (χ0v) is 12.7. The van der Waals surface area contributed by atoms with Crippen LogP contribution in [0.3, 0.4) is 0 Å². The number of primary sulfonamides is 1. The van der Waals surface area contributed by atoms with E-state index < -0.39 is 10.0 Å². The highest BCUT2D eigenvalue weighted by Gasteiger charge is 2.17. The van der Waals surface area contributed by atoms with Crippen LogP contribution < -0.4 is 10.5 Å². The van der Waals surface area contributed by atoms with Crippen molar-refractivity contribution in [2.24, 2.45) is 5.14 Å². The van der Waals surface area contributed by atoms with E-state index in [1.807, 2.05) is 6.92 Å². The van der Waals surface area contributed by atoms with Crippen molar-refractivity contribution in [3.05, 3.63) is 28.8 Å². The predicted molar refractivity (Wildman–Crippen MR) is 76.1 cm³/mol. The van der Waals surface area contributed by atoms with Gasteiger partial charge in [-0.15, -0.1) is 0 Å². The zero-order chi connectivity index (χ0) is 15.3. The second-order valence-corrected chi connectivity index (χ2v) is 5.94. The summed E-state index contributed by atoms with van der Waals surface area (Å²) in [7, 11) is -3.85. The van der Waals surface area contributed by atoms with Gasteiger partial charge in [-0.25, -0.2) is 13.6 Å². The van der Waals surface area contributed by atoms with Crippen molar-refractivity contribution < 1.29 is 17.9 Å². The van der Waals surface area contributed by atoms with E-state index in [1.165, 1.54) is 6.07 Å². The molecule has 0 aromatic heterocycles. The van der Waals surface area contributed by atoms with Crippen molar-refractivity contribution in [3.8, 4) is 0 Å². The van der Waals surface area contributed by atoms with Gasteiger partial charge in [0.15, 0.2) is 0 Å². The van der Waals surface area contributed by atoms with Gasteiger partial charge >= 0.3 is 0 Å². The van der Waals surface area contributed by atoms with Gasteiger partial charge in [-0.3, -0.25) is 4.79 Å². The fourth-order valence-corrected chi connectivity index (χ4v) is 2.62. The molecular weight excluding hydrogens is 280 g/mol. The van der Waals surface area contributed by atoms with E-state index in [-0.39, 0.29) is 16.4 Å². The van der Waals surface area contributed by atoms with Crippen LogP contribution in [0.4, 0.5) is 0 Å². The first-order valence-electron chi connectivity index (χ1n) is 6.27. The topological polar surface area (TPSA) is 98.5 Å². The van der Waals surface area contributed by atoms with Crippen LogP contribution in [-0.2, 0) is 14.8 Å². The Hall–Kier alpha value is -1.44. The molecule has 0 aliphatic heterocycles. The van der Waals surface area contributed by atoms with Crippen LogP contribution >= 0.6 is 0 Å². The maximum Gasteiger partial charge on any atom is 0.251 e. The lowest BCUT2D eigenvalue weighted by Crippen LogP contribution is -2.28. The van der Waals surface area contributed by atoms with Gasteiger partial charge in [0, 0.05) is 18.7 Å². The van der Waals surface area contributed by atoms with Crippen LogP contribution in [0.1, 0.15) is 28.4 Å². The molecule has 1 amide bonds. The van der Waals surface area contributed by atoms with E-state index in [2.05, 4.69) is 5.32 Å². The Morgan fingerprint density at radius 2 is 2.00 bits per heavy atom. The van der Waals surface area contributed by atoms with Crippen LogP contribution in [0.2, 0.25) is 0 Å². The lowest BCUT2D eigenvalue weighted by molar-refractivity contribution is 0.0922. The molecule has 20 heavy (non-hydrogen) atoms. The zero-order valence-electron chi connectivity index (χ0n) is 11.9. The van der Waals surface area contributed by atoms with Crippen LogP contribution in [0.15, 0.2) is 17.0 Å². The molecule has 0 aliphatic carbocycles. The van der Waals surface area contributed by atoms with Gasteiger partial charge in [0.2, 0.25) is 10.0 Å². The summed E-state index contributed by atoms with van der Waals surface area (Å²) in [4.78, 5) is 11.9. The average molecular weight is 300 g/mol. The highest BCUT2D eigenvalue weighted by atomic mass is 32.2. The first-order valence-corrected chi connectivity index (χ1v) is 7.82. The summed E-state index contributed by atoms with van der Waals surface area (Å²) in [6.45, 7) is 6.62. The molecule has 0 atom stereocenters. The molecular formula is C13H20N2O4S. The molecule has 6 nitrogen and oxygen atoms in total. The third kappa shape index (κ3) is 4.29. The molecule has 0 saturated heterocycles. The van der Waals surface area contributed by atoms with E-state index in [0.717, 1.165) is 0 Å². The van der Waals surface area contributed by atoms with Gasteiger partial charge in [0.25, 0.3) is 5.91 Å². The lowest BCUT2D eigenvalue weighted by Gasteiger charge is -2.11. The summed E-state index contributed by atoms with van der Waals surface area (Å²) in [5.74, 6) is -0.349. The summed E-state index contributed by atoms with van der Waals surface area (Å²) in [5, 5.41) is 7.82. The number of carbonyl (C=O) groups excluding carboxylic acids is 1. The SMILES string of the molecule is CCOCCNC(=O)c1cc(C)c(C)c(S(N)(=O)=O)c1. The number of hydrogen-bond acceptors (Lipinski definition) is 4. The van der Waals surface area contributed by atoms with Crippen molar-refractivity contribution in [1.82, 2.24) is 5.32 Å². The first kappa shape index (κ1) is 16.6. The van der Waals surface area contributed by atoms with Gasteiger partial charge in [-0.05, 0) is 44.0 Å². The Kier molecular flexibility index (Phi) is 5.67. The molecule has 1 aromatic rings. The molecule has 3 N–H and O–H groups in total. The molecule has 0 saturated carbocycles. The van der Waals surface area contributed by atoms with Gasteiger partial charge in [-0.1, -0.05) is 0 Å². The molecule has 0 spiro atoms. The maximum atomic E-state index is 11.9. The normalized spacial score (nSPS) is 11.4. The number of nitrogens with two attached hydrogens (primary N) is 1. The largest absolute Gasteiger partial charge is 0.380 e. The molecule has 0 bridgehead atoms. The van der Waals surface area contributed by atoms with Crippen LogP contribution in [0.25, 0.3) is 0 Å². The molecule has 0 unspecified atom stereocenters. The fraction of sp³-hybridized carbons (Fsp3) is 0.462. The molecule has 112 valence electrons. The van der Waals surface area contributed by atoms with Crippen molar-refractivity contribution in [3.63, 3.8) is 0 Å². The third-order valence-electron chi connectivity index (χ3n) is 2.92. The number of nitrogens with one attached hydrogen (secondary N) is 1. The summed E-state index contributed by atoms with van der Waals surface area (Å²) < 4.78 is 28.1. The Morgan fingerprint density at radius 1 is 1.35 bits per heavy atom. The van der Waals surface area contributed by atoms with E-state index >= 15 is 0 Å². The van der Waals surface area contributed by atoms with E-state index in [1.54, 1.807) is 19.9 Å². The van der Waals surface area contributed by atoms with Gasteiger partial charge in [-0.2, -0.15) is 0 Å². The van der Waals surface area contributed by atoms with Crippen LogP contribution in [0, 0.1) is 13.8 Å². The van der Waals surface area contributed by atoms with Crippen molar-refractivity contribution in [1.29, 1.82) is 0 Å². The summed E-state index contributed by atoms with van der Waals surface area (Å²) in [6, 6.07) is 2.94. The second kappa shape index (κ2) is 6.83. The molecule has 0 aliphatic rings. The number of carbonyl (C=O) groups is 1. The van der Waals surface area contributed by atoms with E-state index in [9.17, 15) is 13.2 Å². The number of sulfonamides is 1. The molecule has 1 rings (SSSR count). The van der Waals surface area contributed by atoms with Crippen LogP contribution in [0.5, 0.6) is 0 Å². The number of ether oxygens (including phenoxy) is 1. The Balaban J connectivity index is 2.97. The summed E-state index contributed by atoms with van der Waals surface area (Å²) in [6.07, 6.45) is 0. The first-order chi connectivity index (χ1) is 9.27. The predicted octanol–water partition coefficient (Wildman–Crippen LogP) is 0.717. The Labute approximate surface area is 119 Å². The number of aryl methyl sites for hydroxylation is 1. The van der Waals surface area contributed by atoms with Crippen molar-refractivity contribution in [2.75, 3.05) is 19.8 Å². The average Bonchev–Trinajstić information content (AvgIpc) is 2.36. The van der Waals surface area contributed by atoms with Gasteiger partial charge < -0.3 is 10.1 Å². The minimum atomic E-state index is -3.85. The second-order valence-electron chi connectivity index (χ2n) is 4.41. The van der Waals surface area contributed by atoms with Crippen molar-refractivity contribution in [2.45, 2.75) is 25.7 Å². The molecule has 1 aromatic carbocycles. The third-order valence-corrected chi connectivity index (χ3v) is 3.96. The van der Waals surface area contributed by atoms with Gasteiger partial charge in [0.1, 0.15) is 0 Å². The summed E-state index contributed by atoms with van der Waals surface area (Å²) in [5.41, 5.74) is 1.53. The fourth-order valence-electron chi connectivity index (χ4n) is 1.74. The molecule has 7 heteroatoms. The minimum Gasteiger partial charge on any atom is -0.380 e. The summed E-state index contributed by atoms with van der Waals surface area (Å²) >= 11 is 0. The molecule has 0 heterocycles. The number of hydrogen-bond donors (Lipinski definition) is 2. The van der Waals surface area contributed by atoms with Gasteiger partial charge in [0.05, 0.1) is 11.5 Å². The molecule has 0 radical (unpaired) electrons. The van der Waals surface area contributed by atoms with E-state index in [4.69, 9.17) is 9.88 Å². The van der Waals surface area contributed by atoms with Crippen LogP contribution in [-0.4, -0.2) is 34.1 Å². The highest BCUT2D eigenvalue weighted by molar-refractivity contribution is 7.89. The number of benzene rings is 1. The standard InChI is InChI=1S/C13H20N2O4S/c1-4-19-6-5-15-13(16)11-7-9(2)10(3)12(8-11)20(14,17)18/h7-8H,4-6H2,1-3H3,(H,15,16)(H2,14,17,18). The maximum absolute atomic E-state index is 11.9. The highest BCUT2D eigenvalue weighted by Crippen LogP contribution is 2.20. The van der Waals surface area contributed by atoms with E-state index in [0.29, 0.717) is 30.9 Å². The monoisotopic (exact) mass is 300 g/mol. The number of amides is 1. The number of rotatable bonds is 6. The quantitative estimate of drug-likeness (QED) is 0.756. The lowest BCUT2D eigenvalue weighted by atomic mass is 10.1. The smallest absolute Gasteiger partial charge is 0.251 e. The molecule has 0 fully saturated rings. The Morgan fingerprint density at radius 3 is 2.55 bits per heavy atom.